The lowest BCUT2D eigenvalue weighted by Gasteiger charge is -2.45. The SMILES string of the molecule is C[C@H]1CC2(CCN(c3ncc(Sc4nccc5ccccc45)c4nccn34)CC2NC(=O)OC(C)(C)C)CO1. The van der Waals surface area contributed by atoms with Gasteiger partial charge < -0.3 is 19.7 Å². The summed E-state index contributed by atoms with van der Waals surface area (Å²) in [7, 11) is 0. The van der Waals surface area contributed by atoms with E-state index in [1.165, 1.54) is 0 Å². The van der Waals surface area contributed by atoms with E-state index < -0.39 is 11.7 Å². The Kier molecular flexibility index (Phi) is 6.63. The number of alkyl carbamates (subject to hydrolysis) is 1. The number of hydrogen-bond donors (Lipinski definition) is 1. The molecule has 0 bridgehead atoms. The smallest absolute Gasteiger partial charge is 0.407 e. The molecule has 3 aromatic heterocycles. The summed E-state index contributed by atoms with van der Waals surface area (Å²) in [5, 5.41) is 6.35. The minimum Gasteiger partial charge on any atom is -0.444 e. The largest absolute Gasteiger partial charge is 0.444 e. The Morgan fingerprint density at radius 3 is 2.82 bits per heavy atom. The lowest BCUT2D eigenvalue weighted by Crippen LogP contribution is -2.60. The minimum atomic E-state index is -0.567. The van der Waals surface area contributed by atoms with E-state index in [2.05, 4.69) is 39.2 Å². The first kappa shape index (κ1) is 25.9. The topological polar surface area (TPSA) is 93.9 Å². The third kappa shape index (κ3) is 5.15. The van der Waals surface area contributed by atoms with E-state index in [-0.39, 0.29) is 17.6 Å². The van der Waals surface area contributed by atoms with Gasteiger partial charge in [0.15, 0.2) is 5.65 Å². The maximum absolute atomic E-state index is 12.8. The van der Waals surface area contributed by atoms with E-state index in [1.54, 1.807) is 18.0 Å². The highest BCUT2D eigenvalue weighted by molar-refractivity contribution is 7.99. The number of nitrogens with zero attached hydrogens (tertiary/aromatic N) is 5. The number of hydrogen-bond acceptors (Lipinski definition) is 8. The van der Waals surface area contributed by atoms with Gasteiger partial charge in [-0.15, -0.1) is 0 Å². The molecule has 0 aliphatic carbocycles. The number of amides is 1. The molecule has 1 amide bonds. The summed E-state index contributed by atoms with van der Waals surface area (Å²) in [4.78, 5) is 30.2. The Morgan fingerprint density at radius 2 is 2.03 bits per heavy atom. The molecule has 1 aromatic carbocycles. The standard InChI is InChI=1S/C29H34N6O3S/c1-19-15-29(18-37-19)10-13-34(17-23(29)33-27(36)38-28(2,3)4)26-32-16-22(24-30-12-14-35(24)26)39-25-21-8-6-5-7-20(21)9-11-31-25/h5-9,11-12,14,16,19,23H,10,13,15,17-18H2,1-4H3,(H,33,36)/t19-,23?,29?/m0/s1. The second-order valence-electron chi connectivity index (χ2n) is 11.6. The number of imidazole rings is 1. The molecule has 0 radical (unpaired) electrons. The number of pyridine rings is 1. The fourth-order valence-electron chi connectivity index (χ4n) is 5.75. The van der Waals surface area contributed by atoms with Gasteiger partial charge in [-0.1, -0.05) is 36.0 Å². The average Bonchev–Trinajstić information content (AvgIpc) is 3.53. The van der Waals surface area contributed by atoms with Crippen LogP contribution in [-0.2, 0) is 9.47 Å². The van der Waals surface area contributed by atoms with Crippen molar-refractivity contribution in [2.24, 2.45) is 5.41 Å². The van der Waals surface area contributed by atoms with E-state index in [1.807, 2.05) is 62.0 Å². The zero-order valence-electron chi connectivity index (χ0n) is 22.8. The van der Waals surface area contributed by atoms with Gasteiger partial charge in [0.1, 0.15) is 10.6 Å². The molecule has 2 saturated heterocycles. The van der Waals surface area contributed by atoms with Crippen LogP contribution in [0.2, 0.25) is 0 Å². The molecular formula is C29H34N6O3S. The molecule has 1 spiro atoms. The molecule has 3 atom stereocenters. The van der Waals surface area contributed by atoms with Crippen LogP contribution in [0.1, 0.15) is 40.5 Å². The molecule has 1 N–H and O–H groups in total. The van der Waals surface area contributed by atoms with E-state index in [0.29, 0.717) is 13.2 Å². The van der Waals surface area contributed by atoms with Crippen molar-refractivity contribution in [3.8, 4) is 0 Å². The first-order valence-corrected chi connectivity index (χ1v) is 14.2. The average molecular weight is 547 g/mol. The van der Waals surface area contributed by atoms with Gasteiger partial charge in [-0.2, -0.15) is 0 Å². The maximum atomic E-state index is 12.8. The first-order chi connectivity index (χ1) is 18.7. The van der Waals surface area contributed by atoms with Crippen molar-refractivity contribution in [2.45, 2.75) is 68.2 Å². The van der Waals surface area contributed by atoms with Gasteiger partial charge in [-0.3, -0.25) is 4.40 Å². The number of fused-ring (bicyclic) bond motifs is 2. The van der Waals surface area contributed by atoms with Crippen molar-refractivity contribution >= 4 is 40.2 Å². The van der Waals surface area contributed by atoms with Gasteiger partial charge in [-0.05, 0) is 52.0 Å². The van der Waals surface area contributed by atoms with Crippen LogP contribution in [0, 0.1) is 5.41 Å². The Morgan fingerprint density at radius 1 is 1.18 bits per heavy atom. The van der Waals surface area contributed by atoms with Crippen molar-refractivity contribution in [1.82, 2.24) is 24.7 Å². The molecule has 6 rings (SSSR count). The highest BCUT2D eigenvalue weighted by Crippen LogP contribution is 2.43. The number of carbonyl (C=O) groups is 1. The molecule has 5 heterocycles. The first-order valence-electron chi connectivity index (χ1n) is 13.4. The molecule has 2 aliphatic heterocycles. The van der Waals surface area contributed by atoms with Crippen molar-refractivity contribution in [3.05, 3.63) is 55.1 Å². The summed E-state index contributed by atoms with van der Waals surface area (Å²) in [5.41, 5.74) is 0.133. The normalized spacial score (nSPS) is 23.5. The van der Waals surface area contributed by atoms with Gasteiger partial charge >= 0.3 is 6.09 Å². The molecule has 2 fully saturated rings. The third-order valence-electron chi connectivity index (χ3n) is 7.56. The fraction of sp³-hybridized carbons (Fsp3) is 0.448. The van der Waals surface area contributed by atoms with Crippen LogP contribution >= 0.6 is 11.8 Å². The van der Waals surface area contributed by atoms with Crippen LogP contribution in [-0.4, -0.2) is 62.9 Å². The zero-order valence-corrected chi connectivity index (χ0v) is 23.6. The Labute approximate surface area is 232 Å². The van der Waals surface area contributed by atoms with E-state index in [4.69, 9.17) is 14.5 Å². The predicted octanol–water partition coefficient (Wildman–Crippen LogP) is 5.33. The Bertz CT molecular complexity index is 1510. The molecule has 9 nitrogen and oxygen atoms in total. The molecule has 10 heteroatoms. The quantitative estimate of drug-likeness (QED) is 0.367. The Hall–Kier alpha value is -3.37. The molecular weight excluding hydrogens is 512 g/mol. The highest BCUT2D eigenvalue weighted by Gasteiger charge is 2.49. The van der Waals surface area contributed by atoms with Crippen molar-refractivity contribution in [3.63, 3.8) is 0 Å². The van der Waals surface area contributed by atoms with Gasteiger partial charge in [0, 0.05) is 48.7 Å². The lowest BCUT2D eigenvalue weighted by molar-refractivity contribution is 0.0385. The van der Waals surface area contributed by atoms with Gasteiger partial charge in [0.2, 0.25) is 5.95 Å². The maximum Gasteiger partial charge on any atom is 0.407 e. The molecule has 204 valence electrons. The van der Waals surface area contributed by atoms with Crippen LogP contribution in [0.25, 0.3) is 16.4 Å². The van der Waals surface area contributed by atoms with Crippen molar-refractivity contribution < 1.29 is 14.3 Å². The third-order valence-corrected chi connectivity index (χ3v) is 8.59. The van der Waals surface area contributed by atoms with Crippen LogP contribution < -0.4 is 10.2 Å². The van der Waals surface area contributed by atoms with Gasteiger partial charge in [-0.25, -0.2) is 19.7 Å². The summed E-state index contributed by atoms with van der Waals surface area (Å²) in [6, 6.07) is 10.1. The number of anilines is 1. The van der Waals surface area contributed by atoms with Crippen LogP contribution in [0.15, 0.2) is 65.0 Å². The fourth-order valence-corrected chi connectivity index (χ4v) is 6.72. The number of aromatic nitrogens is 4. The van der Waals surface area contributed by atoms with Crippen LogP contribution in [0.5, 0.6) is 0 Å². The van der Waals surface area contributed by atoms with E-state index >= 15 is 0 Å². The van der Waals surface area contributed by atoms with Gasteiger partial charge in [0.25, 0.3) is 0 Å². The summed E-state index contributed by atoms with van der Waals surface area (Å²) in [6.45, 7) is 9.77. The monoisotopic (exact) mass is 546 g/mol. The van der Waals surface area contributed by atoms with E-state index in [0.717, 1.165) is 51.7 Å². The van der Waals surface area contributed by atoms with Gasteiger partial charge in [0.05, 0.1) is 23.6 Å². The summed E-state index contributed by atoms with van der Waals surface area (Å²) >= 11 is 1.57. The summed E-state index contributed by atoms with van der Waals surface area (Å²) in [6.07, 6.45) is 9.02. The van der Waals surface area contributed by atoms with Crippen LogP contribution in [0.3, 0.4) is 0 Å². The number of carbonyl (C=O) groups excluding carboxylic acids is 1. The molecule has 2 aliphatic rings. The number of benzene rings is 1. The van der Waals surface area contributed by atoms with E-state index in [9.17, 15) is 4.79 Å². The second-order valence-corrected chi connectivity index (χ2v) is 12.6. The number of rotatable bonds is 4. The zero-order chi connectivity index (χ0) is 27.2. The predicted molar refractivity (Wildman–Crippen MR) is 151 cm³/mol. The number of ether oxygens (including phenoxy) is 2. The summed E-state index contributed by atoms with van der Waals surface area (Å²) in [5.74, 6) is 0.801. The summed E-state index contributed by atoms with van der Waals surface area (Å²) < 4.78 is 13.7. The Balaban J connectivity index is 1.29. The van der Waals surface area contributed by atoms with Crippen molar-refractivity contribution in [2.75, 3.05) is 24.6 Å². The van der Waals surface area contributed by atoms with Crippen LogP contribution in [0.4, 0.5) is 10.7 Å². The number of piperidine rings is 1. The lowest BCUT2D eigenvalue weighted by atomic mass is 9.73. The molecule has 0 saturated carbocycles. The minimum absolute atomic E-state index is 0.128. The van der Waals surface area contributed by atoms with Crippen molar-refractivity contribution in [1.29, 1.82) is 0 Å². The molecule has 2 unspecified atom stereocenters. The molecule has 4 aromatic rings. The highest BCUT2D eigenvalue weighted by atomic mass is 32.2. The molecule has 39 heavy (non-hydrogen) atoms. The second kappa shape index (κ2) is 9.98. The number of nitrogens with one attached hydrogen (secondary N) is 1.